The van der Waals surface area contributed by atoms with E-state index >= 15 is 0 Å². The third-order valence-corrected chi connectivity index (χ3v) is 5.14. The molecule has 0 saturated heterocycles. The first-order valence-electron chi connectivity index (χ1n) is 8.70. The monoisotopic (exact) mass is 402 g/mol. The number of nitrogens with zero attached hydrogens (tertiary/aromatic N) is 2. The van der Waals surface area contributed by atoms with Crippen LogP contribution >= 0.6 is 0 Å². The Hall–Kier alpha value is -2.49. The third-order valence-electron chi connectivity index (χ3n) is 5.14. The highest BCUT2D eigenvalue weighted by Crippen LogP contribution is 2.49. The zero-order valence-electron chi connectivity index (χ0n) is 15.7. The van der Waals surface area contributed by atoms with E-state index in [0.29, 0.717) is 19.3 Å². The van der Waals surface area contributed by atoms with Gasteiger partial charge in [-0.15, -0.1) is 0 Å². The quantitative estimate of drug-likeness (QED) is 0.838. The zero-order chi connectivity index (χ0) is 20.7. The number of hydrogen-bond acceptors (Lipinski definition) is 6. The van der Waals surface area contributed by atoms with E-state index in [-0.39, 0.29) is 40.0 Å². The summed E-state index contributed by atoms with van der Waals surface area (Å²) in [7, 11) is 4.01. The average Bonchev–Trinajstić information content (AvgIpc) is 3.00. The Morgan fingerprint density at radius 1 is 1.18 bits per heavy atom. The van der Waals surface area contributed by atoms with E-state index in [1.54, 1.807) is 0 Å². The first-order valence-corrected chi connectivity index (χ1v) is 8.70. The van der Waals surface area contributed by atoms with Crippen LogP contribution in [0.1, 0.15) is 36.0 Å². The second-order valence-corrected chi connectivity index (χ2v) is 6.64. The molecule has 0 spiro atoms. The largest absolute Gasteiger partial charge is 0.493 e. The number of alkyl halides is 3. The summed E-state index contributed by atoms with van der Waals surface area (Å²) in [5.74, 6) is -1.99. The maximum absolute atomic E-state index is 13.9. The lowest BCUT2D eigenvalue weighted by Gasteiger charge is -2.38. The first-order chi connectivity index (χ1) is 13.2. The van der Waals surface area contributed by atoms with Gasteiger partial charge in [0.15, 0.2) is 11.5 Å². The number of methoxy groups -OCH3 is 3. The van der Waals surface area contributed by atoms with Gasteiger partial charge in [0.05, 0.1) is 27.2 Å². The van der Waals surface area contributed by atoms with Crippen LogP contribution in [0, 0.1) is 5.92 Å². The second kappa shape index (κ2) is 7.16. The van der Waals surface area contributed by atoms with Gasteiger partial charge in [-0.25, -0.2) is 0 Å². The standard InChI is InChI=1S/C18H21F3N2O5/c1-26-13-8-10(9-14(27-2)15(13)28-3)16(24)23-17(25,18(19,20)21)11-6-4-5-7-12(11)22-23/h8-9,11,25H,4-7H2,1-3H3/t11-,17+/m0/s1. The van der Waals surface area contributed by atoms with Crippen LogP contribution in [0.5, 0.6) is 17.2 Å². The van der Waals surface area contributed by atoms with E-state index < -0.39 is 23.7 Å². The van der Waals surface area contributed by atoms with E-state index in [2.05, 4.69) is 5.10 Å². The van der Waals surface area contributed by atoms with Crippen LogP contribution in [0.3, 0.4) is 0 Å². The van der Waals surface area contributed by atoms with Gasteiger partial charge in [0.25, 0.3) is 11.6 Å². The van der Waals surface area contributed by atoms with Crippen molar-refractivity contribution in [3.8, 4) is 17.2 Å². The number of halogens is 3. The van der Waals surface area contributed by atoms with Gasteiger partial charge in [0.1, 0.15) is 0 Å². The topological polar surface area (TPSA) is 80.6 Å². The minimum Gasteiger partial charge on any atom is -0.493 e. The van der Waals surface area contributed by atoms with Crippen molar-refractivity contribution in [2.24, 2.45) is 11.0 Å². The maximum Gasteiger partial charge on any atom is 0.439 e. The predicted octanol–water partition coefficient (Wildman–Crippen LogP) is 2.97. The Bertz CT molecular complexity index is 786. The minimum absolute atomic E-state index is 0.102. The predicted molar refractivity (Wildman–Crippen MR) is 92.7 cm³/mol. The molecule has 28 heavy (non-hydrogen) atoms. The lowest BCUT2D eigenvalue weighted by molar-refractivity contribution is -0.312. The van der Waals surface area contributed by atoms with Gasteiger partial charge in [-0.1, -0.05) is 6.42 Å². The van der Waals surface area contributed by atoms with Crippen molar-refractivity contribution < 1.29 is 37.3 Å². The van der Waals surface area contributed by atoms with Crippen LogP contribution < -0.4 is 14.2 Å². The van der Waals surface area contributed by atoms with Crippen molar-refractivity contribution in [3.05, 3.63) is 17.7 Å². The Kier molecular flexibility index (Phi) is 5.18. The van der Waals surface area contributed by atoms with Crippen molar-refractivity contribution in [2.45, 2.75) is 37.6 Å². The fraction of sp³-hybridized carbons (Fsp3) is 0.556. The van der Waals surface area contributed by atoms with Crippen LogP contribution in [0.2, 0.25) is 0 Å². The molecule has 2 aliphatic rings. The molecule has 1 aromatic carbocycles. The molecule has 10 heteroatoms. The summed E-state index contributed by atoms with van der Waals surface area (Å²) in [5.41, 5.74) is -3.38. The maximum atomic E-state index is 13.9. The Morgan fingerprint density at radius 2 is 1.79 bits per heavy atom. The number of hydrazone groups is 1. The molecule has 1 aromatic rings. The number of benzene rings is 1. The van der Waals surface area contributed by atoms with E-state index in [0.717, 1.165) is 0 Å². The summed E-state index contributed by atoms with van der Waals surface area (Å²) in [6, 6.07) is 2.45. The summed E-state index contributed by atoms with van der Waals surface area (Å²) in [6.07, 6.45) is -3.48. The molecule has 1 N–H and O–H groups in total. The van der Waals surface area contributed by atoms with Gasteiger partial charge in [-0.2, -0.15) is 23.3 Å². The number of fused-ring (bicyclic) bond motifs is 1. The molecule has 0 bridgehead atoms. The van der Waals surface area contributed by atoms with Crippen LogP contribution in [0.15, 0.2) is 17.2 Å². The van der Waals surface area contributed by atoms with Crippen molar-refractivity contribution in [3.63, 3.8) is 0 Å². The Morgan fingerprint density at radius 3 is 2.29 bits per heavy atom. The van der Waals surface area contributed by atoms with Gasteiger partial charge in [-0.3, -0.25) is 4.79 Å². The Balaban J connectivity index is 2.09. The second-order valence-electron chi connectivity index (χ2n) is 6.64. The molecule has 7 nitrogen and oxygen atoms in total. The molecule has 3 rings (SSSR count). The SMILES string of the molecule is COc1cc(C(=O)N2N=C3CCCC[C@@H]3[C@@]2(O)C(F)(F)F)cc(OC)c1OC. The number of aliphatic hydroxyl groups is 1. The summed E-state index contributed by atoms with van der Waals surface area (Å²) >= 11 is 0. The van der Waals surface area contributed by atoms with Crippen LogP contribution in [0.25, 0.3) is 0 Å². The molecule has 0 radical (unpaired) electrons. The highest BCUT2D eigenvalue weighted by Gasteiger charge is 2.68. The van der Waals surface area contributed by atoms with Gasteiger partial charge < -0.3 is 19.3 Å². The molecule has 1 saturated carbocycles. The average molecular weight is 402 g/mol. The number of amides is 1. The van der Waals surface area contributed by atoms with Crippen molar-refractivity contribution in [1.29, 1.82) is 0 Å². The number of hydrogen-bond donors (Lipinski definition) is 1. The van der Waals surface area contributed by atoms with Crippen LogP contribution in [0.4, 0.5) is 13.2 Å². The van der Waals surface area contributed by atoms with Gasteiger partial charge in [-0.05, 0) is 31.4 Å². The molecule has 1 heterocycles. The molecule has 0 unspecified atom stereocenters. The summed E-state index contributed by atoms with van der Waals surface area (Å²) in [6.45, 7) is 0. The molecule has 2 atom stereocenters. The van der Waals surface area contributed by atoms with E-state index in [1.807, 2.05) is 0 Å². The molecular weight excluding hydrogens is 381 g/mol. The summed E-state index contributed by atoms with van der Waals surface area (Å²) < 4.78 is 57.1. The molecule has 1 fully saturated rings. The number of carbonyl (C=O) groups excluding carboxylic acids is 1. The first kappa shape index (κ1) is 20.2. The van der Waals surface area contributed by atoms with Crippen molar-refractivity contribution in [1.82, 2.24) is 5.01 Å². The van der Waals surface area contributed by atoms with Gasteiger partial charge >= 0.3 is 6.18 Å². The highest BCUT2D eigenvalue weighted by atomic mass is 19.4. The normalized spacial score (nSPS) is 24.5. The molecule has 154 valence electrons. The molecular formula is C18H21F3N2O5. The zero-order valence-corrected chi connectivity index (χ0v) is 15.7. The van der Waals surface area contributed by atoms with Crippen molar-refractivity contribution in [2.75, 3.05) is 21.3 Å². The third kappa shape index (κ3) is 2.95. The van der Waals surface area contributed by atoms with Gasteiger partial charge in [0.2, 0.25) is 5.75 Å². The fourth-order valence-corrected chi connectivity index (χ4v) is 3.75. The minimum atomic E-state index is -5.07. The summed E-state index contributed by atoms with van der Waals surface area (Å²) in [5, 5.41) is 14.7. The molecule has 0 aromatic heterocycles. The summed E-state index contributed by atoms with van der Waals surface area (Å²) in [4.78, 5) is 13.0. The van der Waals surface area contributed by atoms with Crippen LogP contribution in [-0.2, 0) is 0 Å². The number of ether oxygens (including phenoxy) is 3. The lowest BCUT2D eigenvalue weighted by Crippen LogP contribution is -2.61. The number of rotatable bonds is 4. The van der Waals surface area contributed by atoms with E-state index in [9.17, 15) is 23.1 Å². The van der Waals surface area contributed by atoms with E-state index in [4.69, 9.17) is 14.2 Å². The number of carbonyl (C=O) groups is 1. The lowest BCUT2D eigenvalue weighted by atomic mass is 9.80. The van der Waals surface area contributed by atoms with Crippen molar-refractivity contribution >= 4 is 11.6 Å². The molecule has 1 aliphatic heterocycles. The van der Waals surface area contributed by atoms with Gasteiger partial charge in [0, 0.05) is 11.3 Å². The van der Waals surface area contributed by atoms with Crippen LogP contribution in [-0.4, -0.2) is 55.0 Å². The van der Waals surface area contributed by atoms with E-state index in [1.165, 1.54) is 33.5 Å². The smallest absolute Gasteiger partial charge is 0.439 e. The highest BCUT2D eigenvalue weighted by molar-refractivity contribution is 6.00. The Labute approximate surface area is 159 Å². The fourth-order valence-electron chi connectivity index (χ4n) is 3.75. The molecule has 1 aliphatic carbocycles. The molecule has 1 amide bonds.